The molecule has 3 rings (SSSR count). The molecule has 0 bridgehead atoms. The van der Waals surface area contributed by atoms with Crippen molar-refractivity contribution in [3.8, 4) is 0 Å². The number of benzene rings is 1. The largest absolute Gasteiger partial charge is 0.399 e. The molecule has 1 aliphatic carbocycles. The molecule has 1 aromatic heterocycles. The quantitative estimate of drug-likeness (QED) is 0.629. The van der Waals surface area contributed by atoms with Crippen molar-refractivity contribution in [2.24, 2.45) is 0 Å². The van der Waals surface area contributed by atoms with E-state index in [0.717, 1.165) is 6.42 Å². The Morgan fingerprint density at radius 2 is 2.15 bits per heavy atom. The van der Waals surface area contributed by atoms with Crippen LogP contribution >= 0.6 is 0 Å². The minimum Gasteiger partial charge on any atom is -0.399 e. The molecule has 7 heteroatoms. The molecule has 6 nitrogen and oxygen atoms in total. The van der Waals surface area contributed by atoms with Gasteiger partial charge in [-0.2, -0.15) is 0 Å². The summed E-state index contributed by atoms with van der Waals surface area (Å²) in [5.74, 6) is 0. The van der Waals surface area contributed by atoms with E-state index in [1.807, 2.05) is 0 Å². The third kappa shape index (κ3) is 2.28. The van der Waals surface area contributed by atoms with E-state index in [9.17, 15) is 13.5 Å². The standard InChI is InChI=1S/C13H17N3O3S/c14-9-2-3-11-10(6-9)12(7-15-11)20(18,19)16-8-13(17)4-1-5-13/h2-3,6-7,15-17H,1,4-5,8,14H2. The van der Waals surface area contributed by atoms with Crippen LogP contribution in [0.5, 0.6) is 0 Å². The summed E-state index contributed by atoms with van der Waals surface area (Å²) in [6.45, 7) is 0.0460. The van der Waals surface area contributed by atoms with E-state index in [1.165, 1.54) is 6.20 Å². The van der Waals surface area contributed by atoms with Crippen molar-refractivity contribution in [1.29, 1.82) is 0 Å². The summed E-state index contributed by atoms with van der Waals surface area (Å²) in [6, 6.07) is 5.07. The lowest BCUT2D eigenvalue weighted by atomic mass is 9.81. The van der Waals surface area contributed by atoms with E-state index in [2.05, 4.69) is 9.71 Å². The highest BCUT2D eigenvalue weighted by Crippen LogP contribution is 2.31. The van der Waals surface area contributed by atoms with E-state index >= 15 is 0 Å². The van der Waals surface area contributed by atoms with Crippen LogP contribution in [0.2, 0.25) is 0 Å². The molecular formula is C13H17N3O3S. The summed E-state index contributed by atoms with van der Waals surface area (Å²) in [4.78, 5) is 3.06. The second-order valence-corrected chi connectivity index (χ2v) is 7.10. The van der Waals surface area contributed by atoms with E-state index in [0.29, 0.717) is 29.4 Å². The molecule has 0 unspecified atom stereocenters. The zero-order valence-corrected chi connectivity index (χ0v) is 11.7. The number of nitrogens with two attached hydrogens (primary N) is 1. The average Bonchev–Trinajstić information content (AvgIpc) is 2.77. The van der Waals surface area contributed by atoms with Crippen LogP contribution < -0.4 is 10.5 Å². The lowest BCUT2D eigenvalue weighted by Gasteiger charge is -2.36. The number of aliphatic hydroxyl groups is 1. The van der Waals surface area contributed by atoms with Gasteiger partial charge in [0, 0.05) is 29.3 Å². The Bertz CT molecular complexity index is 747. The zero-order valence-electron chi connectivity index (χ0n) is 10.9. The molecule has 0 spiro atoms. The van der Waals surface area contributed by atoms with Gasteiger partial charge in [0.1, 0.15) is 4.90 Å². The van der Waals surface area contributed by atoms with Gasteiger partial charge in [-0.1, -0.05) is 0 Å². The fourth-order valence-electron chi connectivity index (χ4n) is 2.40. The molecule has 0 amide bonds. The molecule has 108 valence electrons. The molecule has 1 fully saturated rings. The number of aromatic amines is 1. The van der Waals surface area contributed by atoms with Crippen LogP contribution in [0.4, 0.5) is 5.69 Å². The Balaban J connectivity index is 1.90. The molecule has 2 aromatic rings. The van der Waals surface area contributed by atoms with Crippen molar-refractivity contribution in [3.63, 3.8) is 0 Å². The lowest BCUT2D eigenvalue weighted by Crippen LogP contribution is -2.47. The summed E-state index contributed by atoms with van der Waals surface area (Å²) in [7, 11) is -3.67. The van der Waals surface area contributed by atoms with Crippen LogP contribution in [0.15, 0.2) is 29.3 Å². The number of aromatic nitrogens is 1. The van der Waals surface area contributed by atoms with Crippen molar-refractivity contribution < 1.29 is 13.5 Å². The second kappa shape index (κ2) is 4.47. The number of anilines is 1. The highest BCUT2D eigenvalue weighted by Gasteiger charge is 2.35. The summed E-state index contributed by atoms with van der Waals surface area (Å²) in [6.07, 6.45) is 3.64. The number of H-pyrrole nitrogens is 1. The fourth-order valence-corrected chi connectivity index (χ4v) is 3.69. The van der Waals surface area contributed by atoms with Crippen LogP contribution in [0.3, 0.4) is 0 Å². The number of hydrogen-bond acceptors (Lipinski definition) is 4. The van der Waals surface area contributed by atoms with Crippen LogP contribution in [-0.4, -0.2) is 30.7 Å². The van der Waals surface area contributed by atoms with Gasteiger partial charge in [-0.15, -0.1) is 0 Å². The first-order chi connectivity index (χ1) is 9.40. The molecule has 0 atom stereocenters. The first-order valence-electron chi connectivity index (χ1n) is 6.48. The first-order valence-corrected chi connectivity index (χ1v) is 7.97. The summed E-state index contributed by atoms with van der Waals surface area (Å²) >= 11 is 0. The predicted octanol–water partition coefficient (Wildman–Crippen LogP) is 0.943. The highest BCUT2D eigenvalue weighted by atomic mass is 32.2. The van der Waals surface area contributed by atoms with Crippen LogP contribution in [-0.2, 0) is 10.0 Å². The minimum atomic E-state index is -3.67. The van der Waals surface area contributed by atoms with Gasteiger partial charge >= 0.3 is 0 Å². The van der Waals surface area contributed by atoms with Gasteiger partial charge in [0.15, 0.2) is 0 Å². The lowest BCUT2D eigenvalue weighted by molar-refractivity contribution is -0.0270. The maximum absolute atomic E-state index is 12.3. The van der Waals surface area contributed by atoms with Gasteiger partial charge in [0.25, 0.3) is 0 Å². The molecule has 0 aliphatic heterocycles. The minimum absolute atomic E-state index is 0.0460. The van der Waals surface area contributed by atoms with Crippen molar-refractivity contribution in [3.05, 3.63) is 24.4 Å². The topological polar surface area (TPSA) is 108 Å². The van der Waals surface area contributed by atoms with E-state index in [1.54, 1.807) is 18.2 Å². The van der Waals surface area contributed by atoms with E-state index in [4.69, 9.17) is 5.73 Å². The van der Waals surface area contributed by atoms with Gasteiger partial charge in [-0.3, -0.25) is 0 Å². The zero-order chi connectivity index (χ0) is 14.4. The molecule has 20 heavy (non-hydrogen) atoms. The summed E-state index contributed by atoms with van der Waals surface area (Å²) in [5, 5.41) is 10.5. The SMILES string of the molecule is Nc1ccc2[nH]cc(S(=O)(=O)NCC3(O)CCC3)c2c1. The fraction of sp³-hybridized carbons (Fsp3) is 0.385. The number of hydrogen-bond donors (Lipinski definition) is 4. The first kappa shape index (κ1) is 13.4. The van der Waals surface area contributed by atoms with Crippen molar-refractivity contribution in [1.82, 2.24) is 9.71 Å². The third-order valence-corrected chi connectivity index (χ3v) is 5.27. The Kier molecular flexibility index (Phi) is 3.00. The molecule has 5 N–H and O–H groups in total. The Hall–Kier alpha value is -1.57. The maximum Gasteiger partial charge on any atom is 0.242 e. The van der Waals surface area contributed by atoms with E-state index < -0.39 is 15.6 Å². The molecule has 0 radical (unpaired) electrons. The number of sulfonamides is 1. The monoisotopic (exact) mass is 295 g/mol. The molecule has 0 saturated heterocycles. The highest BCUT2D eigenvalue weighted by molar-refractivity contribution is 7.89. The van der Waals surface area contributed by atoms with Gasteiger partial charge < -0.3 is 15.8 Å². The molecule has 1 saturated carbocycles. The summed E-state index contributed by atoms with van der Waals surface area (Å²) < 4.78 is 27.1. The van der Waals surface area contributed by atoms with Crippen molar-refractivity contribution in [2.75, 3.05) is 12.3 Å². The number of fused-ring (bicyclic) bond motifs is 1. The van der Waals surface area contributed by atoms with Crippen molar-refractivity contribution >= 4 is 26.6 Å². The van der Waals surface area contributed by atoms with Gasteiger partial charge in [0.2, 0.25) is 10.0 Å². The Morgan fingerprint density at radius 1 is 1.40 bits per heavy atom. The maximum atomic E-state index is 12.3. The normalized spacial score (nSPS) is 18.1. The molecule has 1 aliphatic rings. The second-order valence-electron chi connectivity index (χ2n) is 5.36. The van der Waals surface area contributed by atoms with Crippen molar-refractivity contribution in [2.45, 2.75) is 29.8 Å². The smallest absolute Gasteiger partial charge is 0.242 e. The van der Waals surface area contributed by atoms with Crippen LogP contribution in [0, 0.1) is 0 Å². The third-order valence-electron chi connectivity index (χ3n) is 3.83. The summed E-state index contributed by atoms with van der Waals surface area (Å²) in [5.41, 5.74) is 6.03. The Morgan fingerprint density at radius 3 is 2.80 bits per heavy atom. The Labute approximate surface area is 117 Å². The molecule has 1 aromatic carbocycles. The van der Waals surface area contributed by atoms with Crippen LogP contribution in [0.25, 0.3) is 10.9 Å². The van der Waals surface area contributed by atoms with Gasteiger partial charge in [0.05, 0.1) is 5.60 Å². The van der Waals surface area contributed by atoms with E-state index in [-0.39, 0.29) is 11.4 Å². The molecule has 1 heterocycles. The number of nitrogen functional groups attached to an aromatic ring is 1. The van der Waals surface area contributed by atoms with Crippen LogP contribution in [0.1, 0.15) is 19.3 Å². The number of rotatable bonds is 4. The van der Waals surface area contributed by atoms with Gasteiger partial charge in [-0.25, -0.2) is 13.1 Å². The molecular weight excluding hydrogens is 278 g/mol. The predicted molar refractivity (Wildman–Crippen MR) is 76.7 cm³/mol. The average molecular weight is 295 g/mol. The number of nitrogens with one attached hydrogen (secondary N) is 2. The van der Waals surface area contributed by atoms with Gasteiger partial charge in [-0.05, 0) is 37.5 Å².